The predicted molar refractivity (Wildman–Crippen MR) is 72.2 cm³/mol. The second-order valence-electron chi connectivity index (χ2n) is 5.26. The quantitative estimate of drug-likeness (QED) is 0.920. The van der Waals surface area contributed by atoms with Gasteiger partial charge in [0.25, 0.3) is 0 Å². The molecule has 0 aliphatic heterocycles. The van der Waals surface area contributed by atoms with Gasteiger partial charge in [-0.1, -0.05) is 12.1 Å². The molecule has 0 bridgehead atoms. The number of benzene rings is 1. The van der Waals surface area contributed by atoms with Crippen LogP contribution >= 0.6 is 0 Å². The fourth-order valence-electron chi connectivity index (χ4n) is 2.06. The number of halogens is 1. The van der Waals surface area contributed by atoms with Crippen molar-refractivity contribution in [2.45, 2.75) is 32.3 Å². The first-order valence-electron chi connectivity index (χ1n) is 6.35. The molecule has 0 saturated heterocycles. The van der Waals surface area contributed by atoms with E-state index in [1.54, 1.807) is 36.9 Å². The summed E-state index contributed by atoms with van der Waals surface area (Å²) in [5.74, 6) is -0.279. The van der Waals surface area contributed by atoms with Crippen molar-refractivity contribution in [1.29, 1.82) is 0 Å². The van der Waals surface area contributed by atoms with Gasteiger partial charge in [0, 0.05) is 13.2 Å². The highest BCUT2D eigenvalue weighted by molar-refractivity contribution is 5.27. The highest BCUT2D eigenvalue weighted by Crippen LogP contribution is 2.27. The molecule has 1 atom stereocenters. The predicted octanol–water partition coefficient (Wildman–Crippen LogP) is 2.71. The van der Waals surface area contributed by atoms with E-state index in [1.165, 1.54) is 6.07 Å². The van der Waals surface area contributed by atoms with E-state index in [0.717, 1.165) is 5.56 Å². The molecule has 1 heterocycles. The molecule has 0 radical (unpaired) electrons. The standard InChI is InChI=1S/C15H19FN2O/c1-11-4-5-13(8-14(11)16)15(2,19)7-6-12-9-17-18(3)10-12/h4-5,8-10,19H,6-7H2,1-3H3. The maximum absolute atomic E-state index is 13.6. The SMILES string of the molecule is Cc1ccc(C(C)(O)CCc2cnn(C)c2)cc1F. The molecule has 102 valence electrons. The van der Waals surface area contributed by atoms with Crippen LogP contribution in [0.1, 0.15) is 30.0 Å². The lowest BCUT2D eigenvalue weighted by atomic mass is 9.89. The highest BCUT2D eigenvalue weighted by atomic mass is 19.1. The molecule has 2 rings (SSSR count). The van der Waals surface area contributed by atoms with Crippen LogP contribution in [0.5, 0.6) is 0 Å². The Labute approximate surface area is 112 Å². The first kappa shape index (κ1) is 13.7. The zero-order valence-electron chi connectivity index (χ0n) is 11.5. The zero-order chi connectivity index (χ0) is 14.0. The van der Waals surface area contributed by atoms with Crippen molar-refractivity contribution in [3.05, 3.63) is 53.1 Å². The Hall–Kier alpha value is -1.68. The Balaban J connectivity index is 2.10. The fourth-order valence-corrected chi connectivity index (χ4v) is 2.06. The van der Waals surface area contributed by atoms with Crippen molar-refractivity contribution in [3.63, 3.8) is 0 Å². The van der Waals surface area contributed by atoms with Gasteiger partial charge in [0.1, 0.15) is 5.82 Å². The van der Waals surface area contributed by atoms with Gasteiger partial charge in [-0.25, -0.2) is 4.39 Å². The zero-order valence-corrected chi connectivity index (χ0v) is 11.5. The number of rotatable bonds is 4. The Morgan fingerprint density at radius 3 is 2.74 bits per heavy atom. The van der Waals surface area contributed by atoms with Gasteiger partial charge in [-0.05, 0) is 49.4 Å². The van der Waals surface area contributed by atoms with Gasteiger partial charge in [-0.2, -0.15) is 5.10 Å². The number of nitrogens with zero attached hydrogens (tertiary/aromatic N) is 2. The van der Waals surface area contributed by atoms with Gasteiger partial charge < -0.3 is 5.11 Å². The van der Waals surface area contributed by atoms with E-state index >= 15 is 0 Å². The van der Waals surface area contributed by atoms with Gasteiger partial charge >= 0.3 is 0 Å². The van der Waals surface area contributed by atoms with E-state index in [4.69, 9.17) is 0 Å². The molecule has 0 aliphatic rings. The minimum atomic E-state index is -1.04. The van der Waals surface area contributed by atoms with Crippen LogP contribution in [0.3, 0.4) is 0 Å². The molecule has 4 heteroatoms. The normalized spacial score (nSPS) is 14.4. The number of hydrogen-bond acceptors (Lipinski definition) is 2. The third kappa shape index (κ3) is 3.20. The van der Waals surface area contributed by atoms with E-state index in [9.17, 15) is 9.50 Å². The van der Waals surface area contributed by atoms with Gasteiger partial charge in [-0.15, -0.1) is 0 Å². The Morgan fingerprint density at radius 2 is 2.16 bits per heavy atom. The minimum Gasteiger partial charge on any atom is -0.385 e. The van der Waals surface area contributed by atoms with Crippen LogP contribution in [0.25, 0.3) is 0 Å². The van der Waals surface area contributed by atoms with E-state index < -0.39 is 5.60 Å². The third-order valence-corrected chi connectivity index (χ3v) is 3.45. The number of aromatic nitrogens is 2. The molecular formula is C15H19FN2O. The lowest BCUT2D eigenvalue weighted by molar-refractivity contribution is 0.0477. The van der Waals surface area contributed by atoms with E-state index in [-0.39, 0.29) is 5.82 Å². The first-order valence-corrected chi connectivity index (χ1v) is 6.35. The van der Waals surface area contributed by atoms with Crippen LogP contribution in [-0.4, -0.2) is 14.9 Å². The van der Waals surface area contributed by atoms with Crippen LogP contribution in [0, 0.1) is 12.7 Å². The average Bonchev–Trinajstić information content (AvgIpc) is 2.76. The third-order valence-electron chi connectivity index (χ3n) is 3.45. The molecule has 0 amide bonds. The Morgan fingerprint density at radius 1 is 1.42 bits per heavy atom. The number of aliphatic hydroxyl groups is 1. The summed E-state index contributed by atoms with van der Waals surface area (Å²) in [6, 6.07) is 4.89. The number of hydrogen-bond donors (Lipinski definition) is 1. The summed E-state index contributed by atoms with van der Waals surface area (Å²) in [4.78, 5) is 0. The highest BCUT2D eigenvalue weighted by Gasteiger charge is 2.23. The summed E-state index contributed by atoms with van der Waals surface area (Å²) in [7, 11) is 1.86. The summed E-state index contributed by atoms with van der Waals surface area (Å²) < 4.78 is 15.3. The van der Waals surface area contributed by atoms with Gasteiger partial charge in [0.05, 0.1) is 11.8 Å². The largest absolute Gasteiger partial charge is 0.385 e. The fraction of sp³-hybridized carbons (Fsp3) is 0.400. The topological polar surface area (TPSA) is 38.1 Å². The molecule has 0 aliphatic carbocycles. The van der Waals surface area contributed by atoms with Crippen molar-refractivity contribution in [1.82, 2.24) is 9.78 Å². The van der Waals surface area contributed by atoms with Crippen molar-refractivity contribution in [3.8, 4) is 0 Å². The van der Waals surface area contributed by atoms with Crippen LogP contribution in [0.2, 0.25) is 0 Å². The Kier molecular flexibility index (Phi) is 3.71. The molecule has 0 fully saturated rings. The first-order chi connectivity index (χ1) is 8.88. The van der Waals surface area contributed by atoms with Crippen LogP contribution in [0.4, 0.5) is 4.39 Å². The summed E-state index contributed by atoms with van der Waals surface area (Å²) in [5.41, 5.74) is 1.23. The maximum atomic E-state index is 13.6. The Bertz CT molecular complexity index is 575. The van der Waals surface area contributed by atoms with Crippen LogP contribution < -0.4 is 0 Å². The smallest absolute Gasteiger partial charge is 0.126 e. The average molecular weight is 262 g/mol. The van der Waals surface area contributed by atoms with E-state index in [0.29, 0.717) is 24.0 Å². The summed E-state index contributed by atoms with van der Waals surface area (Å²) in [6.45, 7) is 3.43. The minimum absolute atomic E-state index is 0.279. The van der Waals surface area contributed by atoms with Crippen molar-refractivity contribution < 1.29 is 9.50 Å². The van der Waals surface area contributed by atoms with Crippen LogP contribution in [-0.2, 0) is 19.1 Å². The van der Waals surface area contributed by atoms with Crippen molar-refractivity contribution in [2.24, 2.45) is 7.05 Å². The molecule has 1 aromatic heterocycles. The molecule has 1 N–H and O–H groups in total. The van der Waals surface area contributed by atoms with Gasteiger partial charge in [-0.3, -0.25) is 4.68 Å². The summed E-state index contributed by atoms with van der Waals surface area (Å²) in [6.07, 6.45) is 4.94. The number of aryl methyl sites for hydroxylation is 3. The molecule has 2 aromatic rings. The van der Waals surface area contributed by atoms with E-state index in [2.05, 4.69) is 5.10 Å². The van der Waals surface area contributed by atoms with E-state index in [1.807, 2.05) is 13.2 Å². The molecule has 0 saturated carbocycles. The van der Waals surface area contributed by atoms with Crippen molar-refractivity contribution in [2.75, 3.05) is 0 Å². The van der Waals surface area contributed by atoms with Gasteiger partial charge in [0.15, 0.2) is 0 Å². The molecule has 1 unspecified atom stereocenters. The molecular weight excluding hydrogens is 243 g/mol. The lowest BCUT2D eigenvalue weighted by Gasteiger charge is -2.24. The maximum Gasteiger partial charge on any atom is 0.126 e. The second kappa shape index (κ2) is 5.13. The van der Waals surface area contributed by atoms with Crippen LogP contribution in [0.15, 0.2) is 30.6 Å². The lowest BCUT2D eigenvalue weighted by Crippen LogP contribution is -2.22. The monoisotopic (exact) mass is 262 g/mol. The summed E-state index contributed by atoms with van der Waals surface area (Å²) >= 11 is 0. The molecule has 1 aromatic carbocycles. The van der Waals surface area contributed by atoms with Gasteiger partial charge in [0.2, 0.25) is 0 Å². The van der Waals surface area contributed by atoms with Crippen molar-refractivity contribution >= 4 is 0 Å². The second-order valence-corrected chi connectivity index (χ2v) is 5.26. The molecule has 0 spiro atoms. The molecule has 3 nitrogen and oxygen atoms in total. The summed E-state index contributed by atoms with van der Waals surface area (Å²) in [5, 5.41) is 14.6. The molecule has 19 heavy (non-hydrogen) atoms.